The molecule has 0 aliphatic rings. The van der Waals surface area contributed by atoms with Gasteiger partial charge in [0.15, 0.2) is 6.10 Å². The van der Waals surface area contributed by atoms with E-state index in [1.165, 1.54) is 148 Å². The Bertz CT molecular complexity index is 843. The lowest BCUT2D eigenvalue weighted by Gasteiger charge is -2.27. The van der Waals surface area contributed by atoms with Crippen molar-refractivity contribution in [1.29, 1.82) is 0 Å². The summed E-state index contributed by atoms with van der Waals surface area (Å²) in [6.07, 6.45) is 35.8. The summed E-state index contributed by atoms with van der Waals surface area (Å²) in [6, 6.07) is 0. The third kappa shape index (κ3) is 36.6. The molecule has 0 heterocycles. The van der Waals surface area contributed by atoms with Crippen LogP contribution in [0.2, 0.25) is 0 Å². The molecule has 0 radical (unpaired) electrons. The molecular weight excluding hydrogens is 691 g/mol. The van der Waals surface area contributed by atoms with Crippen molar-refractivity contribution < 1.29 is 43.0 Å². The van der Waals surface area contributed by atoms with E-state index in [4.69, 9.17) is 23.6 Å². The largest absolute Gasteiger partial charge is 0.472 e. The minimum Gasteiger partial charge on any atom is -0.457 e. The van der Waals surface area contributed by atoms with Gasteiger partial charge in [-0.25, -0.2) is 4.57 Å². The zero-order valence-electron chi connectivity index (χ0n) is 34.5. The standard InChI is InChI=1S/C43H85O9P/c1-4-7-9-11-13-15-17-19-21-22-24-26-28-30-32-35-43(46)52-42(39-51-53(47,48)50-38-40(45)37-44)41(34-6-3)49-36-33-31-29-27-25-23-20-18-16-14-12-10-8-5-2/h6,40-42,44-45H,3-5,7-39H2,1-2H3,(H,47,48). The number of phosphoric ester groups is 1. The number of hydrogen-bond acceptors (Lipinski definition) is 8. The van der Waals surface area contributed by atoms with Crippen LogP contribution in [-0.4, -0.2) is 65.8 Å². The summed E-state index contributed by atoms with van der Waals surface area (Å²) in [6.45, 7) is 7.22. The lowest BCUT2D eigenvalue weighted by molar-refractivity contribution is -0.161. The normalized spacial score (nSPS) is 14.5. The molecule has 0 bridgehead atoms. The Morgan fingerprint density at radius 1 is 0.604 bits per heavy atom. The molecule has 0 amide bonds. The molecular formula is C43H85O9P. The molecule has 316 valence electrons. The highest BCUT2D eigenvalue weighted by molar-refractivity contribution is 7.47. The molecule has 0 aromatic rings. The lowest BCUT2D eigenvalue weighted by atomic mass is 10.0. The van der Waals surface area contributed by atoms with E-state index in [2.05, 4.69) is 20.4 Å². The van der Waals surface area contributed by atoms with Gasteiger partial charge in [0.2, 0.25) is 0 Å². The summed E-state index contributed by atoms with van der Waals surface area (Å²) < 4.78 is 34.4. The highest BCUT2D eigenvalue weighted by Gasteiger charge is 2.31. The summed E-state index contributed by atoms with van der Waals surface area (Å²) in [7, 11) is -4.58. The predicted octanol–water partition coefficient (Wildman–Crippen LogP) is 12.1. The van der Waals surface area contributed by atoms with Crippen LogP contribution in [0.15, 0.2) is 12.7 Å². The van der Waals surface area contributed by atoms with Crippen molar-refractivity contribution in [2.24, 2.45) is 0 Å². The fraction of sp³-hybridized carbons (Fsp3) is 0.930. The lowest BCUT2D eigenvalue weighted by Crippen LogP contribution is -2.37. The molecule has 0 saturated heterocycles. The van der Waals surface area contributed by atoms with E-state index in [0.29, 0.717) is 13.0 Å². The summed E-state index contributed by atoms with van der Waals surface area (Å²) in [5, 5.41) is 18.5. The van der Waals surface area contributed by atoms with Crippen molar-refractivity contribution in [3.63, 3.8) is 0 Å². The van der Waals surface area contributed by atoms with Gasteiger partial charge in [-0.1, -0.05) is 193 Å². The maximum atomic E-state index is 12.9. The first-order valence-corrected chi connectivity index (χ1v) is 23.6. The van der Waals surface area contributed by atoms with Crippen LogP contribution < -0.4 is 0 Å². The maximum absolute atomic E-state index is 12.9. The zero-order chi connectivity index (χ0) is 39.1. The first-order chi connectivity index (χ1) is 25.8. The number of aliphatic hydroxyl groups excluding tert-OH is 2. The van der Waals surface area contributed by atoms with Crippen LogP contribution >= 0.6 is 7.82 Å². The zero-order valence-corrected chi connectivity index (χ0v) is 35.4. The minimum absolute atomic E-state index is 0.254. The second kappa shape index (κ2) is 39.4. The highest BCUT2D eigenvalue weighted by Crippen LogP contribution is 2.43. The van der Waals surface area contributed by atoms with Gasteiger partial charge in [-0.05, 0) is 19.3 Å². The van der Waals surface area contributed by atoms with Gasteiger partial charge in [-0.3, -0.25) is 13.8 Å². The highest BCUT2D eigenvalue weighted by atomic mass is 31.2. The van der Waals surface area contributed by atoms with E-state index in [9.17, 15) is 19.4 Å². The van der Waals surface area contributed by atoms with Crippen LogP contribution in [0.5, 0.6) is 0 Å². The number of unbranched alkanes of at least 4 members (excludes halogenated alkanes) is 27. The topological polar surface area (TPSA) is 132 Å². The van der Waals surface area contributed by atoms with Gasteiger partial charge < -0.3 is 24.6 Å². The molecule has 0 aromatic heterocycles. The van der Waals surface area contributed by atoms with Crippen LogP contribution in [-0.2, 0) is 27.9 Å². The fourth-order valence-corrected chi connectivity index (χ4v) is 7.32. The second-order valence-electron chi connectivity index (χ2n) is 15.2. The number of ether oxygens (including phenoxy) is 2. The predicted molar refractivity (Wildman–Crippen MR) is 219 cm³/mol. The summed E-state index contributed by atoms with van der Waals surface area (Å²) in [4.78, 5) is 23.0. The molecule has 53 heavy (non-hydrogen) atoms. The third-order valence-electron chi connectivity index (χ3n) is 9.95. The van der Waals surface area contributed by atoms with Crippen molar-refractivity contribution in [2.45, 2.75) is 231 Å². The van der Waals surface area contributed by atoms with Gasteiger partial charge in [0, 0.05) is 13.0 Å². The smallest absolute Gasteiger partial charge is 0.457 e. The van der Waals surface area contributed by atoms with Crippen LogP contribution in [0.25, 0.3) is 0 Å². The Labute approximate surface area is 326 Å². The van der Waals surface area contributed by atoms with Gasteiger partial charge in [-0.15, -0.1) is 6.58 Å². The van der Waals surface area contributed by atoms with Gasteiger partial charge in [-0.2, -0.15) is 0 Å². The number of phosphoric acid groups is 1. The van der Waals surface area contributed by atoms with Crippen molar-refractivity contribution in [3.05, 3.63) is 12.7 Å². The number of aliphatic hydroxyl groups is 2. The fourth-order valence-electron chi connectivity index (χ4n) is 6.55. The first-order valence-electron chi connectivity index (χ1n) is 22.1. The Kier molecular flexibility index (Phi) is 38.8. The van der Waals surface area contributed by atoms with Crippen molar-refractivity contribution in [3.8, 4) is 0 Å². The van der Waals surface area contributed by atoms with Crippen molar-refractivity contribution >= 4 is 13.8 Å². The molecule has 10 heteroatoms. The van der Waals surface area contributed by atoms with E-state index in [0.717, 1.165) is 38.5 Å². The molecule has 0 rings (SSSR count). The van der Waals surface area contributed by atoms with E-state index in [1.807, 2.05) is 0 Å². The molecule has 0 aliphatic carbocycles. The average Bonchev–Trinajstić information content (AvgIpc) is 3.15. The number of carbonyl (C=O) groups excluding carboxylic acids is 1. The quantitative estimate of drug-likeness (QED) is 0.0240. The third-order valence-corrected chi connectivity index (χ3v) is 10.9. The molecule has 9 nitrogen and oxygen atoms in total. The molecule has 0 spiro atoms. The Morgan fingerprint density at radius 2 is 0.981 bits per heavy atom. The molecule has 4 unspecified atom stereocenters. The molecule has 4 atom stereocenters. The minimum atomic E-state index is -4.58. The van der Waals surface area contributed by atoms with Crippen molar-refractivity contribution in [2.75, 3.05) is 26.4 Å². The van der Waals surface area contributed by atoms with Gasteiger partial charge in [0.1, 0.15) is 12.2 Å². The molecule has 0 aliphatic heterocycles. The summed E-state index contributed by atoms with van der Waals surface area (Å²) in [5.74, 6) is -0.396. The molecule has 0 saturated carbocycles. The van der Waals surface area contributed by atoms with E-state index in [1.54, 1.807) is 6.08 Å². The van der Waals surface area contributed by atoms with Crippen LogP contribution in [0.3, 0.4) is 0 Å². The van der Waals surface area contributed by atoms with Gasteiger partial charge >= 0.3 is 13.8 Å². The van der Waals surface area contributed by atoms with E-state index in [-0.39, 0.29) is 6.42 Å². The first kappa shape index (κ1) is 52.2. The second-order valence-corrected chi connectivity index (χ2v) is 16.6. The van der Waals surface area contributed by atoms with E-state index >= 15 is 0 Å². The Morgan fingerprint density at radius 3 is 1.38 bits per heavy atom. The summed E-state index contributed by atoms with van der Waals surface area (Å²) in [5.41, 5.74) is 0. The van der Waals surface area contributed by atoms with Crippen LogP contribution in [0.4, 0.5) is 0 Å². The number of esters is 1. The maximum Gasteiger partial charge on any atom is 0.472 e. The Balaban J connectivity index is 4.53. The Hall–Kier alpha value is -0.800. The molecule has 0 fully saturated rings. The monoisotopic (exact) mass is 777 g/mol. The van der Waals surface area contributed by atoms with E-state index < -0.39 is 51.9 Å². The summed E-state index contributed by atoms with van der Waals surface area (Å²) >= 11 is 0. The molecule has 3 N–H and O–H groups in total. The number of hydrogen-bond donors (Lipinski definition) is 3. The van der Waals surface area contributed by atoms with Crippen molar-refractivity contribution in [1.82, 2.24) is 0 Å². The van der Waals surface area contributed by atoms with Crippen LogP contribution in [0, 0.1) is 0 Å². The van der Waals surface area contributed by atoms with Gasteiger partial charge in [0.25, 0.3) is 0 Å². The SMILES string of the molecule is C=CCC(OCCCCCCCCCCCCCCCC)C(COP(=O)(O)OCC(O)CO)OC(=O)CCCCCCCCCCCCCCCCC. The molecule has 0 aromatic carbocycles. The number of rotatable bonds is 43. The average molecular weight is 777 g/mol. The van der Waals surface area contributed by atoms with Gasteiger partial charge in [0.05, 0.1) is 19.8 Å². The number of carbonyl (C=O) groups is 1. The van der Waals surface area contributed by atoms with Crippen LogP contribution in [0.1, 0.15) is 213 Å².